The molecule has 18 heavy (non-hydrogen) atoms. The molecular formula is C13H15N3O2. The Morgan fingerprint density at radius 3 is 2.67 bits per heavy atom. The number of hydrogen-bond acceptors (Lipinski definition) is 5. The largest absolute Gasteiger partial charge is 0.465 e. The molecule has 0 aromatic heterocycles. The summed E-state index contributed by atoms with van der Waals surface area (Å²) in [7, 11) is 1.35. The molecule has 1 aromatic rings. The quantitative estimate of drug-likeness (QED) is 0.783. The highest BCUT2D eigenvalue weighted by molar-refractivity contribution is 5.89. The van der Waals surface area contributed by atoms with Crippen LogP contribution in [0.4, 0.5) is 5.69 Å². The van der Waals surface area contributed by atoms with Crippen LogP contribution in [-0.2, 0) is 4.74 Å². The van der Waals surface area contributed by atoms with E-state index >= 15 is 0 Å². The molecule has 2 N–H and O–H groups in total. The van der Waals surface area contributed by atoms with Crippen LogP contribution in [0.5, 0.6) is 0 Å². The first kappa shape index (κ1) is 12.4. The first-order valence-electron chi connectivity index (χ1n) is 5.71. The Balaban J connectivity index is 2.12. The maximum Gasteiger partial charge on any atom is 0.337 e. The van der Waals surface area contributed by atoms with Crippen molar-refractivity contribution in [3.8, 4) is 6.07 Å². The van der Waals surface area contributed by atoms with Crippen LogP contribution in [0.1, 0.15) is 16.8 Å². The summed E-state index contributed by atoms with van der Waals surface area (Å²) in [6, 6.07) is 9.25. The van der Waals surface area contributed by atoms with E-state index < -0.39 is 5.54 Å². The van der Waals surface area contributed by atoms with E-state index in [-0.39, 0.29) is 5.97 Å². The van der Waals surface area contributed by atoms with Crippen LogP contribution in [0.3, 0.4) is 0 Å². The van der Waals surface area contributed by atoms with E-state index in [1.807, 2.05) is 17.0 Å². The Morgan fingerprint density at radius 2 is 2.17 bits per heavy atom. The van der Waals surface area contributed by atoms with Gasteiger partial charge in [-0.05, 0) is 30.7 Å². The molecule has 0 radical (unpaired) electrons. The Morgan fingerprint density at radius 1 is 1.50 bits per heavy atom. The zero-order chi connectivity index (χ0) is 13.2. The van der Waals surface area contributed by atoms with Gasteiger partial charge >= 0.3 is 5.97 Å². The number of nitrogens with two attached hydrogens (primary N) is 1. The lowest BCUT2D eigenvalue weighted by Crippen LogP contribution is -2.41. The highest BCUT2D eigenvalue weighted by atomic mass is 16.5. The standard InChI is InChI=1S/C13H15N3O2/c1-18-12(17)10-2-4-11(5-3-10)16-7-6-13(15,8-14)9-16/h2-5H,6-7,9,15H2,1H3. The molecule has 0 amide bonds. The van der Waals surface area contributed by atoms with Gasteiger partial charge in [0.1, 0.15) is 5.54 Å². The Bertz CT molecular complexity index is 492. The van der Waals surface area contributed by atoms with Crippen molar-refractivity contribution in [2.45, 2.75) is 12.0 Å². The molecule has 5 heteroatoms. The molecule has 1 atom stereocenters. The van der Waals surface area contributed by atoms with E-state index in [2.05, 4.69) is 10.8 Å². The fourth-order valence-corrected chi connectivity index (χ4v) is 2.07. The monoisotopic (exact) mass is 245 g/mol. The number of carbonyl (C=O) groups excluding carboxylic acids is 1. The predicted molar refractivity (Wildman–Crippen MR) is 67.1 cm³/mol. The van der Waals surface area contributed by atoms with Crippen molar-refractivity contribution >= 4 is 11.7 Å². The first-order chi connectivity index (χ1) is 8.58. The number of ether oxygens (including phenoxy) is 1. The molecule has 1 unspecified atom stereocenters. The second kappa shape index (κ2) is 4.67. The molecule has 1 fully saturated rings. The molecule has 5 nitrogen and oxygen atoms in total. The fraction of sp³-hybridized carbons (Fsp3) is 0.385. The van der Waals surface area contributed by atoms with Gasteiger partial charge in [-0.1, -0.05) is 0 Å². The molecule has 1 aromatic carbocycles. The van der Waals surface area contributed by atoms with Crippen molar-refractivity contribution in [2.24, 2.45) is 5.73 Å². The van der Waals surface area contributed by atoms with Crippen molar-refractivity contribution in [3.05, 3.63) is 29.8 Å². The molecule has 0 bridgehead atoms. The van der Waals surface area contributed by atoms with Crippen LogP contribution in [-0.4, -0.2) is 31.7 Å². The van der Waals surface area contributed by atoms with Crippen LogP contribution < -0.4 is 10.6 Å². The van der Waals surface area contributed by atoms with Crippen molar-refractivity contribution in [1.29, 1.82) is 5.26 Å². The van der Waals surface area contributed by atoms with Gasteiger partial charge in [-0.25, -0.2) is 4.79 Å². The number of methoxy groups -OCH3 is 1. The summed E-state index contributed by atoms with van der Waals surface area (Å²) in [5.41, 5.74) is 6.62. The third-order valence-corrected chi connectivity index (χ3v) is 3.18. The van der Waals surface area contributed by atoms with Gasteiger partial charge in [0.05, 0.1) is 18.7 Å². The van der Waals surface area contributed by atoms with Gasteiger partial charge in [0.25, 0.3) is 0 Å². The molecule has 94 valence electrons. The Hall–Kier alpha value is -2.06. The number of benzene rings is 1. The summed E-state index contributed by atoms with van der Waals surface area (Å²) >= 11 is 0. The first-order valence-corrected chi connectivity index (χ1v) is 5.71. The Kier molecular flexibility index (Phi) is 3.21. The number of nitrogens with zero attached hydrogens (tertiary/aromatic N) is 2. The van der Waals surface area contributed by atoms with E-state index in [9.17, 15) is 4.79 Å². The summed E-state index contributed by atoms with van der Waals surface area (Å²) in [5, 5.41) is 8.98. The molecule has 1 aliphatic rings. The minimum Gasteiger partial charge on any atom is -0.465 e. The van der Waals surface area contributed by atoms with Gasteiger partial charge < -0.3 is 15.4 Å². The van der Waals surface area contributed by atoms with Crippen molar-refractivity contribution in [2.75, 3.05) is 25.1 Å². The van der Waals surface area contributed by atoms with Gasteiger partial charge in [-0.3, -0.25) is 0 Å². The van der Waals surface area contributed by atoms with Gasteiger partial charge in [-0.2, -0.15) is 5.26 Å². The summed E-state index contributed by atoms with van der Waals surface area (Å²) in [5.74, 6) is -0.354. The Labute approximate surface area is 106 Å². The second-order valence-corrected chi connectivity index (χ2v) is 4.48. The highest BCUT2D eigenvalue weighted by Gasteiger charge is 2.34. The summed E-state index contributed by atoms with van der Waals surface area (Å²) in [6.07, 6.45) is 0.655. The van der Waals surface area contributed by atoms with E-state index in [0.29, 0.717) is 18.5 Å². The molecule has 2 rings (SSSR count). The van der Waals surface area contributed by atoms with E-state index in [1.54, 1.807) is 12.1 Å². The topological polar surface area (TPSA) is 79.3 Å². The lowest BCUT2D eigenvalue weighted by atomic mass is 10.0. The van der Waals surface area contributed by atoms with Crippen molar-refractivity contribution in [1.82, 2.24) is 0 Å². The van der Waals surface area contributed by atoms with Crippen LogP contribution in [0.15, 0.2) is 24.3 Å². The van der Waals surface area contributed by atoms with Gasteiger partial charge in [-0.15, -0.1) is 0 Å². The average Bonchev–Trinajstić information content (AvgIpc) is 2.81. The third-order valence-electron chi connectivity index (χ3n) is 3.18. The molecule has 0 spiro atoms. The van der Waals surface area contributed by atoms with Crippen LogP contribution in [0, 0.1) is 11.3 Å². The normalized spacial score (nSPS) is 22.6. The number of rotatable bonds is 2. The molecule has 1 aliphatic heterocycles. The molecule has 0 aliphatic carbocycles. The fourth-order valence-electron chi connectivity index (χ4n) is 2.07. The summed E-state index contributed by atoms with van der Waals surface area (Å²) in [6.45, 7) is 1.27. The minimum absolute atomic E-state index is 0.354. The SMILES string of the molecule is COC(=O)c1ccc(N2CCC(N)(C#N)C2)cc1. The molecular weight excluding hydrogens is 230 g/mol. The average molecular weight is 245 g/mol. The van der Waals surface area contributed by atoms with Gasteiger partial charge in [0.15, 0.2) is 0 Å². The number of nitriles is 1. The second-order valence-electron chi connectivity index (χ2n) is 4.48. The number of hydrogen-bond donors (Lipinski definition) is 1. The lowest BCUT2D eigenvalue weighted by molar-refractivity contribution is 0.0601. The zero-order valence-corrected chi connectivity index (χ0v) is 10.2. The van der Waals surface area contributed by atoms with Gasteiger partial charge in [0, 0.05) is 18.8 Å². The number of esters is 1. The van der Waals surface area contributed by atoms with Crippen molar-refractivity contribution < 1.29 is 9.53 Å². The van der Waals surface area contributed by atoms with E-state index in [1.165, 1.54) is 7.11 Å². The summed E-state index contributed by atoms with van der Waals surface area (Å²) in [4.78, 5) is 13.3. The van der Waals surface area contributed by atoms with Crippen LogP contribution in [0.25, 0.3) is 0 Å². The maximum absolute atomic E-state index is 11.3. The highest BCUT2D eigenvalue weighted by Crippen LogP contribution is 2.25. The van der Waals surface area contributed by atoms with E-state index in [0.717, 1.165) is 12.2 Å². The smallest absolute Gasteiger partial charge is 0.337 e. The maximum atomic E-state index is 11.3. The van der Waals surface area contributed by atoms with Crippen LogP contribution in [0.2, 0.25) is 0 Å². The third kappa shape index (κ3) is 2.29. The predicted octanol–water partition coefficient (Wildman–Crippen LogP) is 0.904. The number of carbonyl (C=O) groups is 1. The molecule has 1 saturated heterocycles. The molecule has 1 heterocycles. The summed E-state index contributed by atoms with van der Waals surface area (Å²) < 4.78 is 4.64. The van der Waals surface area contributed by atoms with Gasteiger partial charge in [0.2, 0.25) is 0 Å². The molecule has 0 saturated carbocycles. The zero-order valence-electron chi connectivity index (χ0n) is 10.2. The van der Waals surface area contributed by atoms with Crippen molar-refractivity contribution in [3.63, 3.8) is 0 Å². The van der Waals surface area contributed by atoms with Crippen LogP contribution >= 0.6 is 0 Å². The minimum atomic E-state index is -0.763. The van der Waals surface area contributed by atoms with E-state index in [4.69, 9.17) is 11.0 Å². The number of anilines is 1. The lowest BCUT2D eigenvalue weighted by Gasteiger charge is -2.20.